The van der Waals surface area contributed by atoms with Gasteiger partial charge in [0.15, 0.2) is 0 Å². The molecule has 3 N–H and O–H groups in total. The predicted molar refractivity (Wildman–Crippen MR) is 82.3 cm³/mol. The summed E-state index contributed by atoms with van der Waals surface area (Å²) in [7, 11) is 0. The van der Waals surface area contributed by atoms with Crippen LogP contribution in [0.2, 0.25) is 5.02 Å². The number of H-pyrrole nitrogens is 1. The first-order valence-electron chi connectivity index (χ1n) is 6.99. The number of halogens is 1. The quantitative estimate of drug-likeness (QED) is 0.913. The molecule has 0 atom stereocenters. The van der Waals surface area contributed by atoms with Gasteiger partial charge in [-0.2, -0.15) is 5.10 Å². The maximum Gasteiger partial charge on any atom is 0.0785 e. The molecule has 0 radical (unpaired) electrons. The lowest BCUT2D eigenvalue weighted by Crippen LogP contribution is -2.39. The smallest absolute Gasteiger partial charge is 0.0785 e. The lowest BCUT2D eigenvalue weighted by atomic mass is 10.0. The summed E-state index contributed by atoms with van der Waals surface area (Å²) in [4.78, 5) is 2.37. The van der Waals surface area contributed by atoms with E-state index < -0.39 is 0 Å². The number of benzene rings is 1. The molecule has 1 saturated heterocycles. The molecule has 0 saturated carbocycles. The van der Waals surface area contributed by atoms with E-state index >= 15 is 0 Å². The standard InChI is InChI=1S/C15H19ClN4/c16-12-3-1-2-11(8-12)9-14-15(10-18-19-14)20-6-4-13(17)5-7-20/h1-3,8,10,13H,4-7,9,17H2,(H,18,19). The first-order valence-corrected chi connectivity index (χ1v) is 7.37. The molecule has 3 rings (SSSR count). The number of nitrogens with zero attached hydrogens (tertiary/aromatic N) is 2. The summed E-state index contributed by atoms with van der Waals surface area (Å²) < 4.78 is 0. The summed E-state index contributed by atoms with van der Waals surface area (Å²) in [5.74, 6) is 0. The summed E-state index contributed by atoms with van der Waals surface area (Å²) in [6.45, 7) is 2.01. The van der Waals surface area contributed by atoms with Crippen molar-refractivity contribution in [3.05, 3.63) is 46.7 Å². The van der Waals surface area contributed by atoms with Gasteiger partial charge in [0.25, 0.3) is 0 Å². The molecular formula is C15H19ClN4. The molecule has 0 amide bonds. The number of piperidine rings is 1. The van der Waals surface area contributed by atoms with Gasteiger partial charge in [0, 0.05) is 30.6 Å². The highest BCUT2D eigenvalue weighted by molar-refractivity contribution is 6.30. The monoisotopic (exact) mass is 290 g/mol. The Balaban J connectivity index is 1.76. The van der Waals surface area contributed by atoms with Gasteiger partial charge in [0.2, 0.25) is 0 Å². The third-order valence-corrected chi connectivity index (χ3v) is 4.08. The minimum Gasteiger partial charge on any atom is -0.369 e. The zero-order valence-corrected chi connectivity index (χ0v) is 12.1. The van der Waals surface area contributed by atoms with Crippen molar-refractivity contribution in [3.63, 3.8) is 0 Å². The van der Waals surface area contributed by atoms with Crippen molar-refractivity contribution in [2.24, 2.45) is 5.73 Å². The fourth-order valence-corrected chi connectivity index (χ4v) is 2.91. The number of hydrogen-bond donors (Lipinski definition) is 2. The Bertz CT molecular complexity index is 573. The minimum absolute atomic E-state index is 0.342. The van der Waals surface area contributed by atoms with E-state index in [1.165, 1.54) is 11.3 Å². The van der Waals surface area contributed by atoms with Crippen molar-refractivity contribution >= 4 is 17.3 Å². The molecule has 1 fully saturated rings. The predicted octanol–water partition coefficient (Wildman–Crippen LogP) is 2.58. The molecule has 2 heterocycles. The second kappa shape index (κ2) is 5.85. The van der Waals surface area contributed by atoms with Crippen LogP contribution in [0.3, 0.4) is 0 Å². The van der Waals surface area contributed by atoms with Gasteiger partial charge < -0.3 is 10.6 Å². The third kappa shape index (κ3) is 2.97. The number of nitrogens with one attached hydrogen (secondary N) is 1. The summed E-state index contributed by atoms with van der Waals surface area (Å²) in [6.07, 6.45) is 4.82. The van der Waals surface area contributed by atoms with Crippen LogP contribution in [0.25, 0.3) is 0 Å². The van der Waals surface area contributed by atoms with Gasteiger partial charge in [-0.1, -0.05) is 23.7 Å². The normalized spacial score (nSPS) is 16.6. The Labute approximate surface area is 123 Å². The molecule has 2 aromatic rings. The van der Waals surface area contributed by atoms with E-state index in [0.717, 1.165) is 43.1 Å². The number of aromatic amines is 1. The molecule has 106 valence electrons. The van der Waals surface area contributed by atoms with Crippen LogP contribution in [0.5, 0.6) is 0 Å². The number of anilines is 1. The van der Waals surface area contributed by atoms with E-state index in [-0.39, 0.29) is 0 Å². The summed E-state index contributed by atoms with van der Waals surface area (Å²) in [5, 5.41) is 8.09. The molecule has 1 aliphatic heterocycles. The Kier molecular flexibility index (Phi) is 3.94. The van der Waals surface area contributed by atoms with Gasteiger partial charge in [-0.25, -0.2) is 0 Å². The minimum atomic E-state index is 0.342. The van der Waals surface area contributed by atoms with Crippen LogP contribution in [0.4, 0.5) is 5.69 Å². The highest BCUT2D eigenvalue weighted by Gasteiger charge is 2.19. The first kappa shape index (κ1) is 13.5. The van der Waals surface area contributed by atoms with E-state index in [0.29, 0.717) is 6.04 Å². The molecule has 20 heavy (non-hydrogen) atoms. The second-order valence-electron chi connectivity index (χ2n) is 5.36. The third-order valence-electron chi connectivity index (χ3n) is 3.85. The lowest BCUT2D eigenvalue weighted by Gasteiger charge is -2.31. The summed E-state index contributed by atoms with van der Waals surface area (Å²) in [6, 6.07) is 8.30. The van der Waals surface area contributed by atoms with Crippen LogP contribution >= 0.6 is 11.6 Å². The van der Waals surface area contributed by atoms with Crippen molar-refractivity contribution < 1.29 is 0 Å². The van der Waals surface area contributed by atoms with Crippen molar-refractivity contribution in [2.75, 3.05) is 18.0 Å². The summed E-state index contributed by atoms with van der Waals surface area (Å²) in [5.41, 5.74) is 9.49. The van der Waals surface area contributed by atoms with Crippen molar-refractivity contribution in [1.29, 1.82) is 0 Å². The van der Waals surface area contributed by atoms with Gasteiger partial charge in [-0.15, -0.1) is 0 Å². The second-order valence-corrected chi connectivity index (χ2v) is 5.80. The van der Waals surface area contributed by atoms with Gasteiger partial charge in [0.05, 0.1) is 17.6 Å². The Morgan fingerprint density at radius 3 is 2.90 bits per heavy atom. The average molecular weight is 291 g/mol. The van der Waals surface area contributed by atoms with E-state index in [1.807, 2.05) is 24.4 Å². The van der Waals surface area contributed by atoms with Crippen molar-refractivity contribution in [3.8, 4) is 0 Å². The van der Waals surface area contributed by atoms with Crippen molar-refractivity contribution in [2.45, 2.75) is 25.3 Å². The maximum atomic E-state index is 6.04. The Morgan fingerprint density at radius 2 is 2.15 bits per heavy atom. The van der Waals surface area contributed by atoms with E-state index in [2.05, 4.69) is 21.2 Å². The fraction of sp³-hybridized carbons (Fsp3) is 0.400. The van der Waals surface area contributed by atoms with Crippen LogP contribution in [0, 0.1) is 0 Å². The maximum absolute atomic E-state index is 6.04. The number of rotatable bonds is 3. The van der Waals surface area contributed by atoms with Crippen LogP contribution in [-0.2, 0) is 6.42 Å². The van der Waals surface area contributed by atoms with Gasteiger partial charge in [0.1, 0.15) is 0 Å². The molecule has 0 spiro atoms. The van der Waals surface area contributed by atoms with Crippen LogP contribution in [0.1, 0.15) is 24.1 Å². The van der Waals surface area contributed by atoms with Gasteiger partial charge >= 0.3 is 0 Å². The molecule has 5 heteroatoms. The van der Waals surface area contributed by atoms with E-state index in [4.69, 9.17) is 17.3 Å². The zero-order valence-electron chi connectivity index (χ0n) is 11.3. The van der Waals surface area contributed by atoms with Gasteiger partial charge in [-0.3, -0.25) is 5.10 Å². The SMILES string of the molecule is NC1CCN(c2cn[nH]c2Cc2cccc(Cl)c2)CC1. The highest BCUT2D eigenvalue weighted by Crippen LogP contribution is 2.24. The lowest BCUT2D eigenvalue weighted by molar-refractivity contribution is 0.500. The van der Waals surface area contributed by atoms with Crippen LogP contribution < -0.4 is 10.6 Å². The summed E-state index contributed by atoms with van der Waals surface area (Å²) >= 11 is 6.04. The van der Waals surface area contributed by atoms with Gasteiger partial charge in [-0.05, 0) is 30.5 Å². The van der Waals surface area contributed by atoms with Crippen LogP contribution in [-0.4, -0.2) is 29.3 Å². The molecule has 1 aromatic heterocycles. The molecule has 0 unspecified atom stereocenters. The average Bonchev–Trinajstić information content (AvgIpc) is 2.88. The molecule has 4 nitrogen and oxygen atoms in total. The van der Waals surface area contributed by atoms with Crippen LogP contribution in [0.15, 0.2) is 30.5 Å². The fourth-order valence-electron chi connectivity index (χ4n) is 2.70. The van der Waals surface area contributed by atoms with E-state index in [1.54, 1.807) is 0 Å². The topological polar surface area (TPSA) is 57.9 Å². The molecule has 0 bridgehead atoms. The Morgan fingerprint density at radius 1 is 1.35 bits per heavy atom. The highest BCUT2D eigenvalue weighted by atomic mass is 35.5. The number of aromatic nitrogens is 2. The largest absolute Gasteiger partial charge is 0.369 e. The Hall–Kier alpha value is -1.52. The molecule has 1 aromatic carbocycles. The first-order chi connectivity index (χ1) is 9.72. The van der Waals surface area contributed by atoms with Crippen molar-refractivity contribution in [1.82, 2.24) is 10.2 Å². The molecule has 1 aliphatic rings. The molecular weight excluding hydrogens is 272 g/mol. The number of nitrogens with two attached hydrogens (primary N) is 1. The number of hydrogen-bond acceptors (Lipinski definition) is 3. The van der Waals surface area contributed by atoms with E-state index in [9.17, 15) is 0 Å². The molecule has 0 aliphatic carbocycles. The zero-order chi connectivity index (χ0) is 13.9.